The minimum atomic E-state index is -0.708. The van der Waals surface area contributed by atoms with Crippen LogP contribution in [0.2, 0.25) is 0 Å². The minimum Gasteiger partial charge on any atom is -0.364 e. The van der Waals surface area contributed by atoms with Crippen LogP contribution in [0.25, 0.3) is 5.52 Å². The molecule has 0 aliphatic rings. The predicted octanol–water partition coefficient (Wildman–Crippen LogP) is 2.29. The summed E-state index contributed by atoms with van der Waals surface area (Å²) in [6.45, 7) is 3.84. The average molecular weight is 391 g/mol. The number of aromatic nitrogens is 4. The molecule has 3 heterocycles. The maximum Gasteiger partial charge on any atom is 0.271 e. The topological polar surface area (TPSA) is 118 Å². The van der Waals surface area contributed by atoms with Crippen LogP contribution < -0.4 is 11.1 Å². The maximum atomic E-state index is 12.6. The van der Waals surface area contributed by atoms with Crippen molar-refractivity contribution in [3.8, 4) is 0 Å². The van der Waals surface area contributed by atoms with Crippen molar-refractivity contribution >= 4 is 38.9 Å². The zero-order valence-electron chi connectivity index (χ0n) is 13.0. The molecular weight excluding hydrogens is 376 g/mol. The van der Waals surface area contributed by atoms with Crippen LogP contribution in [-0.4, -0.2) is 31.6 Å². The van der Waals surface area contributed by atoms with E-state index in [1.807, 2.05) is 13.8 Å². The van der Waals surface area contributed by atoms with Crippen molar-refractivity contribution < 1.29 is 9.59 Å². The fourth-order valence-corrected chi connectivity index (χ4v) is 2.76. The molecule has 0 aliphatic carbocycles. The van der Waals surface area contributed by atoms with Gasteiger partial charge in [0.1, 0.15) is 0 Å². The van der Waals surface area contributed by atoms with Crippen LogP contribution >= 0.6 is 15.9 Å². The molecule has 0 fully saturated rings. The molecule has 0 atom stereocenters. The van der Waals surface area contributed by atoms with E-state index in [1.165, 1.54) is 0 Å². The van der Waals surface area contributed by atoms with E-state index >= 15 is 0 Å². The second-order valence-corrected chi connectivity index (χ2v) is 6.43. The number of rotatable bonds is 4. The number of carbonyl (C=O) groups is 2. The van der Waals surface area contributed by atoms with Gasteiger partial charge < -0.3 is 11.1 Å². The summed E-state index contributed by atoms with van der Waals surface area (Å²) in [5.41, 5.74) is 7.52. The Balaban J connectivity index is 1.96. The quantitative estimate of drug-likeness (QED) is 0.632. The molecule has 8 nitrogen and oxygen atoms in total. The van der Waals surface area contributed by atoms with Gasteiger partial charge in [-0.25, -0.2) is 4.52 Å². The maximum absolute atomic E-state index is 12.6. The number of hydrogen-bond donors (Lipinski definition) is 3. The van der Waals surface area contributed by atoms with Crippen LogP contribution in [0.5, 0.6) is 0 Å². The van der Waals surface area contributed by atoms with Gasteiger partial charge in [-0.2, -0.15) is 10.2 Å². The van der Waals surface area contributed by atoms with Crippen molar-refractivity contribution in [3.05, 3.63) is 46.0 Å². The molecule has 24 heavy (non-hydrogen) atoms. The molecule has 3 aromatic heterocycles. The number of aromatic amines is 1. The Morgan fingerprint density at radius 1 is 1.38 bits per heavy atom. The smallest absolute Gasteiger partial charge is 0.271 e. The largest absolute Gasteiger partial charge is 0.364 e. The van der Waals surface area contributed by atoms with Crippen LogP contribution in [0, 0.1) is 0 Å². The second-order valence-electron chi connectivity index (χ2n) is 5.57. The van der Waals surface area contributed by atoms with Gasteiger partial charge >= 0.3 is 0 Å². The lowest BCUT2D eigenvalue weighted by molar-refractivity contribution is 0.0996. The Bertz CT molecular complexity index is 943. The van der Waals surface area contributed by atoms with Gasteiger partial charge in [-0.15, -0.1) is 0 Å². The lowest BCUT2D eigenvalue weighted by atomic mass is 10.1. The highest BCUT2D eigenvalue weighted by molar-refractivity contribution is 9.10. The SMILES string of the molecule is CC(C)c1[nH]nc(C(N)=O)c1NC(=O)c1ccc2c(Br)cnn2c1. The lowest BCUT2D eigenvalue weighted by Gasteiger charge is -2.09. The van der Waals surface area contributed by atoms with E-state index in [1.54, 1.807) is 29.0 Å². The van der Waals surface area contributed by atoms with Crippen LogP contribution in [0.1, 0.15) is 46.3 Å². The van der Waals surface area contributed by atoms with Crippen molar-refractivity contribution in [3.63, 3.8) is 0 Å². The summed E-state index contributed by atoms with van der Waals surface area (Å²) in [7, 11) is 0. The average Bonchev–Trinajstić information content (AvgIpc) is 3.11. The molecule has 0 saturated carbocycles. The molecule has 0 aromatic carbocycles. The van der Waals surface area contributed by atoms with Crippen molar-refractivity contribution in [1.29, 1.82) is 0 Å². The van der Waals surface area contributed by atoms with Gasteiger partial charge in [0, 0.05) is 6.20 Å². The van der Waals surface area contributed by atoms with Gasteiger partial charge in [0.2, 0.25) is 0 Å². The van der Waals surface area contributed by atoms with E-state index in [4.69, 9.17) is 5.73 Å². The number of hydrogen-bond acceptors (Lipinski definition) is 4. The summed E-state index contributed by atoms with van der Waals surface area (Å²) in [6, 6.07) is 3.45. The van der Waals surface area contributed by atoms with Gasteiger partial charge in [0.25, 0.3) is 11.8 Å². The Morgan fingerprint density at radius 3 is 2.79 bits per heavy atom. The van der Waals surface area contributed by atoms with Crippen molar-refractivity contribution in [2.75, 3.05) is 5.32 Å². The highest BCUT2D eigenvalue weighted by atomic mass is 79.9. The molecule has 4 N–H and O–H groups in total. The van der Waals surface area contributed by atoms with Gasteiger partial charge in [-0.05, 0) is 34.0 Å². The van der Waals surface area contributed by atoms with Gasteiger partial charge in [-0.1, -0.05) is 13.8 Å². The number of nitrogens with zero attached hydrogens (tertiary/aromatic N) is 3. The highest BCUT2D eigenvalue weighted by Crippen LogP contribution is 2.26. The normalized spacial score (nSPS) is 11.2. The predicted molar refractivity (Wildman–Crippen MR) is 92.0 cm³/mol. The summed E-state index contributed by atoms with van der Waals surface area (Å²) in [4.78, 5) is 24.1. The summed E-state index contributed by atoms with van der Waals surface area (Å²) in [5.74, 6) is -1.06. The zero-order chi connectivity index (χ0) is 17.4. The second kappa shape index (κ2) is 6.08. The Kier molecular flexibility index (Phi) is 4.10. The molecule has 2 amide bonds. The third-order valence-electron chi connectivity index (χ3n) is 3.57. The first-order valence-corrected chi connectivity index (χ1v) is 8.00. The van der Waals surface area contributed by atoms with Gasteiger partial charge in [-0.3, -0.25) is 14.7 Å². The van der Waals surface area contributed by atoms with Crippen molar-refractivity contribution in [1.82, 2.24) is 19.8 Å². The number of halogens is 1. The number of amides is 2. The summed E-state index contributed by atoms with van der Waals surface area (Å²) in [6.07, 6.45) is 3.25. The molecular formula is C15H15BrN6O2. The minimum absolute atomic E-state index is 0.00922. The molecule has 0 unspecified atom stereocenters. The summed E-state index contributed by atoms with van der Waals surface area (Å²) < 4.78 is 2.43. The third-order valence-corrected chi connectivity index (χ3v) is 4.19. The van der Waals surface area contributed by atoms with E-state index in [-0.39, 0.29) is 17.5 Å². The zero-order valence-corrected chi connectivity index (χ0v) is 14.6. The van der Waals surface area contributed by atoms with Crippen molar-refractivity contribution in [2.24, 2.45) is 5.73 Å². The number of H-pyrrole nitrogens is 1. The fraction of sp³-hybridized carbons (Fsp3) is 0.200. The Morgan fingerprint density at radius 2 is 2.12 bits per heavy atom. The highest BCUT2D eigenvalue weighted by Gasteiger charge is 2.22. The number of nitrogens with one attached hydrogen (secondary N) is 2. The van der Waals surface area contributed by atoms with E-state index in [0.717, 1.165) is 9.99 Å². The first-order chi connectivity index (χ1) is 11.4. The summed E-state index contributed by atoms with van der Waals surface area (Å²) in [5, 5.41) is 13.5. The molecule has 0 saturated heterocycles. The molecule has 9 heteroatoms. The van der Waals surface area contributed by atoms with E-state index in [9.17, 15) is 9.59 Å². The number of fused-ring (bicyclic) bond motifs is 1. The van der Waals surface area contributed by atoms with Crippen LogP contribution in [0.4, 0.5) is 5.69 Å². The fourth-order valence-electron chi connectivity index (χ4n) is 2.35. The van der Waals surface area contributed by atoms with E-state index in [2.05, 4.69) is 36.5 Å². The van der Waals surface area contributed by atoms with Crippen LogP contribution in [0.3, 0.4) is 0 Å². The molecule has 3 aromatic rings. The number of anilines is 1. The van der Waals surface area contributed by atoms with Crippen LogP contribution in [0.15, 0.2) is 29.0 Å². The lowest BCUT2D eigenvalue weighted by Crippen LogP contribution is -2.19. The molecule has 0 spiro atoms. The molecule has 0 aliphatic heterocycles. The van der Waals surface area contributed by atoms with Crippen LogP contribution in [-0.2, 0) is 0 Å². The molecule has 3 rings (SSSR count). The molecule has 0 radical (unpaired) electrons. The summed E-state index contributed by atoms with van der Waals surface area (Å²) >= 11 is 3.38. The monoisotopic (exact) mass is 390 g/mol. The number of pyridine rings is 1. The molecule has 0 bridgehead atoms. The standard InChI is InChI=1S/C15H15BrN6O2/c1-7(2)11-12(13(14(17)23)21-20-11)19-15(24)8-3-4-10-9(16)5-18-22(10)6-8/h3-7H,1-2H3,(H2,17,23)(H,19,24)(H,20,21). The van der Waals surface area contributed by atoms with Gasteiger partial charge in [0.15, 0.2) is 5.69 Å². The van der Waals surface area contributed by atoms with E-state index < -0.39 is 5.91 Å². The number of carbonyl (C=O) groups excluding carboxylic acids is 2. The number of nitrogens with two attached hydrogens (primary N) is 1. The third kappa shape index (κ3) is 2.78. The Hall–Kier alpha value is -2.68. The first kappa shape index (κ1) is 16.2. The van der Waals surface area contributed by atoms with Gasteiger partial charge in [0.05, 0.1) is 33.1 Å². The molecule has 124 valence electrons. The Labute approximate surface area is 145 Å². The van der Waals surface area contributed by atoms with E-state index in [0.29, 0.717) is 16.9 Å². The number of primary amides is 1. The van der Waals surface area contributed by atoms with Crippen molar-refractivity contribution in [2.45, 2.75) is 19.8 Å². The first-order valence-electron chi connectivity index (χ1n) is 7.20.